The van der Waals surface area contributed by atoms with Crippen molar-refractivity contribution in [2.45, 2.75) is 77.5 Å². The zero-order chi connectivity index (χ0) is 41.0. The predicted molar refractivity (Wildman–Crippen MR) is 217 cm³/mol. The number of carbonyl (C=O) groups is 6. The molecule has 4 aromatic rings. The smallest absolute Gasteiger partial charge is 0.305 e. The van der Waals surface area contributed by atoms with Crippen LogP contribution < -0.4 is 26.6 Å². The Bertz CT molecular complexity index is 1900. The number of carbonyl (C=O) groups excluding carboxylic acids is 5. The van der Waals surface area contributed by atoms with Crippen LogP contribution in [0.5, 0.6) is 5.75 Å². The van der Waals surface area contributed by atoms with Gasteiger partial charge in [-0.25, -0.2) is 0 Å². The number of aromatic amines is 1. The number of fused-ring (bicyclic) bond motifs is 1. The van der Waals surface area contributed by atoms with Crippen molar-refractivity contribution in [2.75, 3.05) is 18.1 Å². The van der Waals surface area contributed by atoms with E-state index in [2.05, 4.69) is 31.6 Å². The summed E-state index contributed by atoms with van der Waals surface area (Å²) in [6, 6.07) is 17.2. The molecular formula is C41H52N6O8S. The maximum Gasteiger partial charge on any atom is 0.305 e. The normalized spacial score (nSPS) is 12.8. The van der Waals surface area contributed by atoms with Crippen molar-refractivity contribution in [1.29, 1.82) is 0 Å². The fourth-order valence-electron chi connectivity index (χ4n) is 5.79. The van der Waals surface area contributed by atoms with Gasteiger partial charge >= 0.3 is 5.97 Å². The van der Waals surface area contributed by atoms with Crippen LogP contribution in [0.3, 0.4) is 0 Å². The minimum atomic E-state index is -1.64. The molecule has 0 fully saturated rings. The number of nitrogens with one attached hydrogen (secondary N) is 6. The summed E-state index contributed by atoms with van der Waals surface area (Å²) in [5.74, 6) is -3.95. The van der Waals surface area contributed by atoms with Gasteiger partial charge < -0.3 is 41.8 Å². The van der Waals surface area contributed by atoms with Crippen molar-refractivity contribution in [2.24, 2.45) is 0 Å². The molecule has 4 atom stereocenters. The van der Waals surface area contributed by atoms with E-state index >= 15 is 0 Å². The molecule has 0 saturated heterocycles. The molecule has 0 aliphatic carbocycles. The van der Waals surface area contributed by atoms with Crippen molar-refractivity contribution in [3.8, 4) is 5.75 Å². The summed E-state index contributed by atoms with van der Waals surface area (Å²) in [5, 5.41) is 33.7. The Hall–Kier alpha value is -5.83. The molecule has 0 radical (unpaired) electrons. The lowest BCUT2D eigenvalue weighted by atomic mass is 10.0. The molecule has 0 saturated carbocycles. The van der Waals surface area contributed by atoms with Crippen molar-refractivity contribution >= 4 is 58.2 Å². The minimum Gasteiger partial charge on any atom is -0.508 e. The number of aliphatic carboxylic acids is 1. The average molecular weight is 789 g/mol. The summed E-state index contributed by atoms with van der Waals surface area (Å²) in [4.78, 5) is 82.6. The molecule has 5 amide bonds. The summed E-state index contributed by atoms with van der Waals surface area (Å²) in [6.07, 6.45) is 0.977. The Morgan fingerprint density at radius 1 is 0.661 bits per heavy atom. The molecule has 300 valence electrons. The number of hydrogen-bond donors (Lipinski definition) is 8. The molecule has 1 aromatic heterocycles. The van der Waals surface area contributed by atoms with Crippen LogP contribution in [-0.4, -0.2) is 92.9 Å². The maximum atomic E-state index is 14.0. The number of thioether (sulfide) groups is 1. The molecule has 56 heavy (non-hydrogen) atoms. The number of carboxylic acid groups (broad SMARTS) is 1. The Labute approximate surface area is 331 Å². The number of rotatable bonds is 20. The van der Waals surface area contributed by atoms with Crippen LogP contribution in [0.1, 0.15) is 50.8 Å². The number of hydrogen-bond acceptors (Lipinski definition) is 8. The van der Waals surface area contributed by atoms with Crippen molar-refractivity contribution in [3.05, 3.63) is 102 Å². The van der Waals surface area contributed by atoms with Crippen molar-refractivity contribution < 1.29 is 39.0 Å². The van der Waals surface area contributed by atoms with Crippen LogP contribution in [0.15, 0.2) is 85.1 Å². The number of para-hydroxylation sites is 1. The monoisotopic (exact) mass is 788 g/mol. The quantitative estimate of drug-likeness (QED) is 0.0659. The summed E-state index contributed by atoms with van der Waals surface area (Å²) in [5.41, 5.74) is 2.86. The third-order valence-electron chi connectivity index (χ3n) is 8.48. The lowest BCUT2D eigenvalue weighted by Gasteiger charge is -2.26. The zero-order valence-corrected chi connectivity index (χ0v) is 32.9. The topological polar surface area (TPSA) is 219 Å². The van der Waals surface area contributed by atoms with Gasteiger partial charge in [-0.05, 0) is 47.6 Å². The van der Waals surface area contributed by atoms with Gasteiger partial charge in [-0.2, -0.15) is 11.8 Å². The highest BCUT2D eigenvalue weighted by molar-refractivity contribution is 7.99. The Morgan fingerprint density at radius 3 is 1.80 bits per heavy atom. The number of phenols is 1. The molecule has 3 aromatic carbocycles. The van der Waals surface area contributed by atoms with Gasteiger partial charge in [0.05, 0.1) is 12.2 Å². The minimum absolute atomic E-state index is 0.0214. The number of amides is 5. The fourth-order valence-corrected chi connectivity index (χ4v) is 6.27. The van der Waals surface area contributed by atoms with Gasteiger partial charge in [0.2, 0.25) is 29.5 Å². The predicted octanol–water partition coefficient (Wildman–Crippen LogP) is 3.23. The maximum absolute atomic E-state index is 14.0. The molecule has 0 spiro atoms. The number of aromatic nitrogens is 1. The second kappa shape index (κ2) is 23.2. The van der Waals surface area contributed by atoms with E-state index in [0.29, 0.717) is 11.3 Å². The second-order valence-corrected chi connectivity index (χ2v) is 13.8. The molecule has 3 unspecified atom stereocenters. The number of phenolic OH excluding ortho intramolecular Hbond substituents is 1. The van der Waals surface area contributed by atoms with Crippen molar-refractivity contribution in [3.63, 3.8) is 0 Å². The van der Waals surface area contributed by atoms with E-state index in [0.717, 1.165) is 22.0 Å². The zero-order valence-electron chi connectivity index (χ0n) is 32.1. The van der Waals surface area contributed by atoms with E-state index in [-0.39, 0.29) is 43.2 Å². The van der Waals surface area contributed by atoms with Crippen molar-refractivity contribution in [1.82, 2.24) is 31.6 Å². The van der Waals surface area contributed by atoms with Gasteiger partial charge in [-0.15, -0.1) is 0 Å². The summed E-state index contributed by atoms with van der Waals surface area (Å²) in [6.45, 7) is 7.90. The molecule has 0 aliphatic heterocycles. The van der Waals surface area contributed by atoms with Gasteiger partial charge in [0.15, 0.2) is 0 Å². The summed E-state index contributed by atoms with van der Waals surface area (Å²) >= 11 is 1.38. The third-order valence-corrected chi connectivity index (χ3v) is 9.35. The van der Waals surface area contributed by atoms with Crippen LogP contribution in [-0.2, 0) is 48.0 Å². The van der Waals surface area contributed by atoms with Gasteiger partial charge in [0, 0.05) is 42.9 Å². The van der Waals surface area contributed by atoms with Gasteiger partial charge in [0.25, 0.3) is 0 Å². The first kappa shape index (κ1) is 44.6. The molecule has 14 nitrogen and oxygen atoms in total. The highest BCUT2D eigenvalue weighted by Crippen LogP contribution is 2.19. The lowest BCUT2D eigenvalue weighted by molar-refractivity contribution is -0.141. The SMILES string of the molecule is CC.CCNC(=O)C(Cc1c[nH]c2ccccc12)NC(=O)[C@H](CC(=O)O)NC(=O)C(Cc1ccc(O)cc1)NC(=O)C(Cc1ccccc1)NC(=O)CSCC. The molecule has 15 heteroatoms. The molecule has 0 aliphatic rings. The Morgan fingerprint density at radius 2 is 1.20 bits per heavy atom. The Kier molecular flexibility index (Phi) is 18.4. The van der Waals surface area contributed by atoms with Crippen LogP contribution in [0.2, 0.25) is 0 Å². The first-order valence-electron chi connectivity index (χ1n) is 18.6. The largest absolute Gasteiger partial charge is 0.508 e. The third kappa shape index (κ3) is 14.1. The standard InChI is InChI=1S/C39H46N6O8S.C2H6/c1-3-40-36(50)32(20-26-22-41-29-13-9-8-12-28(26)29)44-39(53)33(21-35(48)49)45-38(52)31(19-25-14-16-27(46)17-15-25)43-37(51)30(42-34(47)23-54-4-2)18-24-10-6-5-7-11-24;1-2/h5-17,22,30-33,41,46H,3-4,18-21,23H2,1-2H3,(H,40,50)(H,42,47)(H,43,51)(H,44,53)(H,45,52)(H,48,49);1-2H3/t30?,31?,32?,33-;/m0./s1. The van der Waals surface area contributed by atoms with E-state index in [1.54, 1.807) is 49.5 Å². The van der Waals surface area contributed by atoms with E-state index in [1.807, 2.05) is 51.1 Å². The number of carboxylic acids is 1. The molecule has 1 heterocycles. The number of benzene rings is 3. The molecular weight excluding hydrogens is 737 g/mol. The van der Waals surface area contributed by atoms with Crippen LogP contribution in [0, 0.1) is 0 Å². The van der Waals surface area contributed by atoms with Gasteiger partial charge in [-0.1, -0.05) is 81.4 Å². The first-order chi connectivity index (χ1) is 27.0. The van der Waals surface area contributed by atoms with Crippen LogP contribution in [0.25, 0.3) is 10.9 Å². The number of aromatic hydroxyl groups is 1. The van der Waals surface area contributed by atoms with Crippen LogP contribution in [0.4, 0.5) is 0 Å². The summed E-state index contributed by atoms with van der Waals surface area (Å²) in [7, 11) is 0. The highest BCUT2D eigenvalue weighted by atomic mass is 32.2. The Balaban J connectivity index is 0.00000414. The number of likely N-dealkylation sites (N-methyl/N-ethyl adjacent to an activating group) is 1. The second-order valence-electron chi connectivity index (χ2n) is 12.6. The fraction of sp³-hybridized carbons (Fsp3) is 0.366. The van der Waals surface area contributed by atoms with E-state index in [1.165, 1.54) is 23.9 Å². The van der Waals surface area contributed by atoms with Gasteiger partial charge in [-0.3, -0.25) is 28.8 Å². The average Bonchev–Trinajstić information content (AvgIpc) is 3.60. The van der Waals surface area contributed by atoms with Gasteiger partial charge in [0.1, 0.15) is 29.9 Å². The lowest BCUT2D eigenvalue weighted by Crippen LogP contribution is -2.59. The number of H-pyrrole nitrogens is 1. The highest BCUT2D eigenvalue weighted by Gasteiger charge is 2.33. The first-order valence-corrected chi connectivity index (χ1v) is 19.8. The molecule has 0 bridgehead atoms. The summed E-state index contributed by atoms with van der Waals surface area (Å²) < 4.78 is 0. The molecule has 4 rings (SSSR count). The molecule has 8 N–H and O–H groups in total. The van der Waals surface area contributed by atoms with Crippen LogP contribution >= 0.6 is 11.8 Å². The van der Waals surface area contributed by atoms with E-state index in [9.17, 15) is 39.0 Å². The van der Waals surface area contributed by atoms with E-state index < -0.39 is 60.2 Å². The van der Waals surface area contributed by atoms with E-state index in [4.69, 9.17) is 0 Å².